The van der Waals surface area contributed by atoms with E-state index in [-0.39, 0.29) is 12.5 Å². The highest BCUT2D eigenvalue weighted by atomic mass is 19.1. The first kappa shape index (κ1) is 19.3. The second-order valence-electron chi connectivity index (χ2n) is 7.18. The molecule has 7 nitrogen and oxygen atoms in total. The van der Waals surface area contributed by atoms with E-state index >= 15 is 0 Å². The first-order chi connectivity index (χ1) is 11.6. The Labute approximate surface area is 146 Å². The van der Waals surface area contributed by atoms with Crippen LogP contribution in [0.15, 0.2) is 18.2 Å². The molecule has 2 rings (SSSR count). The van der Waals surface area contributed by atoms with Crippen molar-refractivity contribution in [3.05, 3.63) is 39.7 Å². The van der Waals surface area contributed by atoms with Crippen LogP contribution in [0.2, 0.25) is 0 Å². The van der Waals surface area contributed by atoms with Gasteiger partial charge in [0, 0.05) is 38.8 Å². The quantitative estimate of drug-likeness (QED) is 0.459. The van der Waals surface area contributed by atoms with Gasteiger partial charge in [0.05, 0.1) is 11.5 Å². The van der Waals surface area contributed by atoms with Crippen LogP contribution in [-0.4, -0.2) is 59.0 Å². The molecule has 0 N–H and O–H groups in total. The molecule has 1 aliphatic heterocycles. The summed E-state index contributed by atoms with van der Waals surface area (Å²) < 4.78 is 18.7. The van der Waals surface area contributed by atoms with Crippen LogP contribution in [-0.2, 0) is 16.1 Å². The fourth-order valence-electron chi connectivity index (χ4n) is 2.72. The molecule has 0 aliphatic carbocycles. The summed E-state index contributed by atoms with van der Waals surface area (Å²) in [6.07, 6.45) is 0. The van der Waals surface area contributed by atoms with E-state index in [0.29, 0.717) is 25.2 Å². The topological polar surface area (TPSA) is 75.9 Å². The summed E-state index contributed by atoms with van der Waals surface area (Å²) in [6, 6.07) is 3.98. The molecule has 0 aromatic heterocycles. The summed E-state index contributed by atoms with van der Waals surface area (Å²) in [7, 11) is 0. The number of esters is 1. The van der Waals surface area contributed by atoms with Crippen LogP contribution in [0.4, 0.5) is 10.1 Å². The molecule has 1 aliphatic rings. The van der Waals surface area contributed by atoms with Gasteiger partial charge in [0.1, 0.15) is 5.60 Å². The monoisotopic (exact) mass is 353 g/mol. The minimum Gasteiger partial charge on any atom is -0.459 e. The molecule has 0 atom stereocenters. The van der Waals surface area contributed by atoms with E-state index in [1.807, 2.05) is 25.7 Å². The third kappa shape index (κ3) is 6.06. The molecule has 1 aromatic rings. The normalized spacial score (nSPS) is 16.6. The molecule has 0 spiro atoms. The summed E-state index contributed by atoms with van der Waals surface area (Å²) in [5, 5.41) is 10.8. The maximum Gasteiger partial charge on any atom is 0.320 e. The standard InChI is InChI=1S/C17H24FN3O4/c1-17(2,3)25-16(22)12-20-8-6-19(7-9-20)11-13-4-5-14(18)15(10-13)21(23)24/h4-5,10H,6-9,11-12H2,1-3H3. The predicted octanol–water partition coefficient (Wildman–Crippen LogP) is 2.19. The highest BCUT2D eigenvalue weighted by Gasteiger charge is 2.23. The van der Waals surface area contributed by atoms with Gasteiger partial charge in [-0.05, 0) is 32.4 Å². The number of carbonyl (C=O) groups excluding carboxylic acids is 1. The molecule has 1 heterocycles. The third-order valence-corrected chi connectivity index (χ3v) is 3.85. The number of piperazine rings is 1. The van der Waals surface area contributed by atoms with E-state index in [9.17, 15) is 19.3 Å². The molecule has 8 heteroatoms. The largest absolute Gasteiger partial charge is 0.459 e. The van der Waals surface area contributed by atoms with Crippen LogP contribution in [0.3, 0.4) is 0 Å². The van der Waals surface area contributed by atoms with Crippen molar-refractivity contribution < 1.29 is 18.8 Å². The van der Waals surface area contributed by atoms with E-state index in [4.69, 9.17) is 4.74 Å². The number of nitrogens with zero attached hydrogens (tertiary/aromatic N) is 3. The van der Waals surface area contributed by atoms with E-state index in [0.717, 1.165) is 19.2 Å². The van der Waals surface area contributed by atoms with Gasteiger partial charge in [-0.25, -0.2) is 0 Å². The summed E-state index contributed by atoms with van der Waals surface area (Å²) in [5.74, 6) is -1.06. The number of carbonyl (C=O) groups is 1. The van der Waals surface area contributed by atoms with Crippen LogP contribution >= 0.6 is 0 Å². The van der Waals surface area contributed by atoms with Crippen molar-refractivity contribution in [2.24, 2.45) is 0 Å². The van der Waals surface area contributed by atoms with E-state index < -0.39 is 22.0 Å². The number of hydrogen-bond acceptors (Lipinski definition) is 6. The maximum atomic E-state index is 13.4. The van der Waals surface area contributed by atoms with Crippen molar-refractivity contribution in [2.45, 2.75) is 32.9 Å². The molecule has 1 saturated heterocycles. The Kier molecular flexibility index (Phi) is 6.07. The molecular weight excluding hydrogens is 329 g/mol. The zero-order chi connectivity index (χ0) is 18.6. The Hall–Kier alpha value is -2.06. The molecule has 0 unspecified atom stereocenters. The summed E-state index contributed by atoms with van der Waals surface area (Å²) >= 11 is 0. The van der Waals surface area contributed by atoms with Gasteiger partial charge in [-0.3, -0.25) is 24.7 Å². The lowest BCUT2D eigenvalue weighted by Gasteiger charge is -2.34. The Morgan fingerprint density at radius 3 is 2.40 bits per heavy atom. The maximum absolute atomic E-state index is 13.4. The Balaban J connectivity index is 1.84. The summed E-state index contributed by atoms with van der Waals surface area (Å²) in [6.45, 7) is 9.17. The highest BCUT2D eigenvalue weighted by Crippen LogP contribution is 2.20. The van der Waals surface area contributed by atoms with Gasteiger partial charge >= 0.3 is 11.7 Å². The molecule has 0 amide bonds. The third-order valence-electron chi connectivity index (χ3n) is 3.85. The van der Waals surface area contributed by atoms with Crippen molar-refractivity contribution in [3.63, 3.8) is 0 Å². The first-order valence-corrected chi connectivity index (χ1v) is 8.23. The average Bonchev–Trinajstić information content (AvgIpc) is 2.49. The molecule has 0 bridgehead atoms. The number of hydrogen-bond donors (Lipinski definition) is 0. The minimum absolute atomic E-state index is 0.241. The van der Waals surface area contributed by atoms with Crippen LogP contribution in [0.5, 0.6) is 0 Å². The molecule has 25 heavy (non-hydrogen) atoms. The second-order valence-corrected chi connectivity index (χ2v) is 7.18. The number of benzene rings is 1. The Bertz CT molecular complexity index is 637. The number of ether oxygens (including phenoxy) is 1. The van der Waals surface area contributed by atoms with E-state index in [1.165, 1.54) is 6.07 Å². The van der Waals surface area contributed by atoms with Gasteiger partial charge in [0.15, 0.2) is 0 Å². The zero-order valence-electron chi connectivity index (χ0n) is 14.8. The van der Waals surface area contributed by atoms with Crippen LogP contribution < -0.4 is 0 Å². The number of nitro benzene ring substituents is 1. The lowest BCUT2D eigenvalue weighted by Crippen LogP contribution is -2.48. The zero-order valence-corrected chi connectivity index (χ0v) is 14.8. The fourth-order valence-corrected chi connectivity index (χ4v) is 2.72. The van der Waals surface area contributed by atoms with Gasteiger partial charge < -0.3 is 4.74 Å². The van der Waals surface area contributed by atoms with E-state index in [1.54, 1.807) is 6.07 Å². The lowest BCUT2D eigenvalue weighted by molar-refractivity contribution is -0.387. The van der Waals surface area contributed by atoms with Crippen molar-refractivity contribution in [1.29, 1.82) is 0 Å². The Morgan fingerprint density at radius 2 is 1.84 bits per heavy atom. The van der Waals surface area contributed by atoms with Crippen LogP contribution in [0.1, 0.15) is 26.3 Å². The van der Waals surface area contributed by atoms with Crippen molar-refractivity contribution in [2.75, 3.05) is 32.7 Å². The Morgan fingerprint density at radius 1 is 1.24 bits per heavy atom. The highest BCUT2D eigenvalue weighted by molar-refractivity contribution is 5.72. The van der Waals surface area contributed by atoms with Crippen LogP contribution in [0, 0.1) is 15.9 Å². The molecule has 0 radical (unpaired) electrons. The molecular formula is C17H24FN3O4. The molecule has 138 valence electrons. The average molecular weight is 353 g/mol. The minimum atomic E-state index is -0.823. The van der Waals surface area contributed by atoms with Crippen molar-refractivity contribution in [1.82, 2.24) is 9.80 Å². The second kappa shape index (κ2) is 7.88. The lowest BCUT2D eigenvalue weighted by atomic mass is 10.1. The van der Waals surface area contributed by atoms with E-state index in [2.05, 4.69) is 4.90 Å². The summed E-state index contributed by atoms with van der Waals surface area (Å²) in [4.78, 5) is 26.1. The first-order valence-electron chi connectivity index (χ1n) is 8.23. The van der Waals surface area contributed by atoms with Crippen molar-refractivity contribution >= 4 is 11.7 Å². The van der Waals surface area contributed by atoms with Gasteiger partial charge in [-0.2, -0.15) is 4.39 Å². The summed E-state index contributed by atoms with van der Waals surface area (Å²) in [5.41, 5.74) is -0.286. The molecule has 1 aromatic carbocycles. The molecule has 0 saturated carbocycles. The van der Waals surface area contributed by atoms with Gasteiger partial charge in [-0.1, -0.05) is 6.07 Å². The number of rotatable bonds is 5. The van der Waals surface area contributed by atoms with Crippen molar-refractivity contribution in [3.8, 4) is 0 Å². The van der Waals surface area contributed by atoms with Gasteiger partial charge in [-0.15, -0.1) is 0 Å². The number of halogens is 1. The van der Waals surface area contributed by atoms with Gasteiger partial charge in [0.2, 0.25) is 5.82 Å². The smallest absolute Gasteiger partial charge is 0.320 e. The van der Waals surface area contributed by atoms with Crippen LogP contribution in [0.25, 0.3) is 0 Å². The SMILES string of the molecule is CC(C)(C)OC(=O)CN1CCN(Cc2ccc(F)c([N+](=O)[O-])c2)CC1. The number of nitro groups is 1. The van der Waals surface area contributed by atoms with Gasteiger partial charge in [0.25, 0.3) is 0 Å². The fraction of sp³-hybridized carbons (Fsp3) is 0.588. The predicted molar refractivity (Wildman–Crippen MR) is 90.6 cm³/mol. The molecule has 1 fully saturated rings.